The number of hydrogen-bond acceptors (Lipinski definition) is 6. The molecule has 1 saturated heterocycles. The third-order valence-electron chi connectivity index (χ3n) is 3.99. The van der Waals surface area contributed by atoms with Crippen LogP contribution in [0.5, 0.6) is 0 Å². The summed E-state index contributed by atoms with van der Waals surface area (Å²) in [4.78, 5) is 6.24. The zero-order valence-corrected chi connectivity index (χ0v) is 14.2. The van der Waals surface area contributed by atoms with Crippen LogP contribution in [0.1, 0.15) is 25.6 Å². The van der Waals surface area contributed by atoms with Crippen LogP contribution in [-0.2, 0) is 16.4 Å². The number of hydrogen-bond donors (Lipinski definition) is 1. The van der Waals surface area contributed by atoms with Gasteiger partial charge in [0.2, 0.25) is 0 Å². The lowest BCUT2D eigenvalue weighted by atomic mass is 10.1. The van der Waals surface area contributed by atoms with Crippen LogP contribution in [0.2, 0.25) is 0 Å². The predicted molar refractivity (Wildman–Crippen MR) is 87.0 cm³/mol. The number of aromatic nitrogens is 2. The van der Waals surface area contributed by atoms with Crippen LogP contribution >= 0.6 is 11.8 Å². The molecule has 0 radical (unpaired) electrons. The molecule has 1 fully saturated rings. The fraction of sp³-hybridized carbons (Fsp3) is 0.769. The van der Waals surface area contributed by atoms with Gasteiger partial charge in [0.25, 0.3) is 0 Å². The van der Waals surface area contributed by atoms with E-state index in [2.05, 4.69) is 9.88 Å². The number of nitrogens with two attached hydrogens (primary N) is 1. The molecule has 0 amide bonds. The molecule has 2 N–H and O–H groups in total. The van der Waals surface area contributed by atoms with Crippen molar-refractivity contribution in [2.45, 2.75) is 31.8 Å². The van der Waals surface area contributed by atoms with Gasteiger partial charge in [0.15, 0.2) is 9.84 Å². The molecule has 0 aromatic carbocycles. The van der Waals surface area contributed by atoms with E-state index in [1.807, 2.05) is 11.5 Å². The quantitative estimate of drug-likeness (QED) is 0.826. The van der Waals surface area contributed by atoms with Gasteiger partial charge in [-0.2, -0.15) is 11.8 Å². The molecular formula is C13H24N4O2S2. The van der Waals surface area contributed by atoms with Crippen molar-refractivity contribution in [3.63, 3.8) is 0 Å². The molecule has 120 valence electrons. The highest BCUT2D eigenvalue weighted by Gasteiger charge is 2.37. The van der Waals surface area contributed by atoms with E-state index in [0.29, 0.717) is 12.3 Å². The Morgan fingerprint density at radius 3 is 2.90 bits per heavy atom. The highest BCUT2D eigenvalue weighted by molar-refractivity contribution is 8.01. The molecule has 2 heterocycles. The summed E-state index contributed by atoms with van der Waals surface area (Å²) < 4.78 is 26.8. The summed E-state index contributed by atoms with van der Waals surface area (Å²) in [6, 6.07) is -0.0975. The monoisotopic (exact) mass is 332 g/mol. The van der Waals surface area contributed by atoms with E-state index in [1.54, 1.807) is 31.2 Å². The van der Waals surface area contributed by atoms with E-state index in [0.717, 1.165) is 24.5 Å². The molecule has 21 heavy (non-hydrogen) atoms. The summed E-state index contributed by atoms with van der Waals surface area (Å²) in [7, 11) is -3.12. The Labute approximate surface area is 131 Å². The zero-order valence-electron chi connectivity index (χ0n) is 12.6. The average Bonchev–Trinajstić information content (AvgIpc) is 2.97. The number of nitrogens with zero attached hydrogens (tertiary/aromatic N) is 3. The summed E-state index contributed by atoms with van der Waals surface area (Å²) in [5, 5.41) is -0.449. The molecule has 1 aliphatic heterocycles. The number of imidazole rings is 1. The van der Waals surface area contributed by atoms with Gasteiger partial charge in [-0.15, -0.1) is 0 Å². The van der Waals surface area contributed by atoms with E-state index < -0.39 is 15.2 Å². The molecule has 2 unspecified atom stereocenters. The first-order chi connectivity index (χ1) is 10.0. The normalized spacial score (nSPS) is 22.3. The maximum absolute atomic E-state index is 12.4. The molecule has 0 aliphatic carbocycles. The van der Waals surface area contributed by atoms with Gasteiger partial charge in [-0.3, -0.25) is 4.90 Å². The minimum Gasteiger partial charge on any atom is -0.333 e. The topological polar surface area (TPSA) is 81.2 Å². The summed E-state index contributed by atoms with van der Waals surface area (Å²) in [6.45, 7) is 5.70. The Kier molecular flexibility index (Phi) is 5.70. The van der Waals surface area contributed by atoms with Crippen LogP contribution in [-0.4, -0.2) is 58.6 Å². The van der Waals surface area contributed by atoms with Gasteiger partial charge in [0.05, 0.1) is 18.1 Å². The number of thioether (sulfide) groups is 1. The third kappa shape index (κ3) is 3.44. The first-order valence-corrected chi connectivity index (χ1v) is 10.2. The standard InChI is InChI=1S/C13H24N4O2S2/c1-3-16-10-15-8-12(16)11(7-14)17-5-6-20-9-13(17)21(18,19)4-2/h8,10-11,13H,3-7,9,14H2,1-2H3. The Hall–Kier alpha value is -0.570. The Morgan fingerprint density at radius 2 is 2.29 bits per heavy atom. The van der Waals surface area contributed by atoms with Gasteiger partial charge >= 0.3 is 0 Å². The highest BCUT2D eigenvalue weighted by atomic mass is 32.2. The summed E-state index contributed by atoms with van der Waals surface area (Å²) in [5.41, 5.74) is 6.98. The molecule has 2 atom stereocenters. The average molecular weight is 332 g/mol. The largest absolute Gasteiger partial charge is 0.333 e. The molecule has 2 rings (SSSR count). The van der Waals surface area contributed by atoms with Crippen LogP contribution < -0.4 is 5.73 Å². The number of sulfone groups is 1. The Morgan fingerprint density at radius 1 is 1.52 bits per heavy atom. The van der Waals surface area contributed by atoms with Crippen LogP contribution in [0, 0.1) is 0 Å². The molecule has 1 aromatic heterocycles. The summed E-state index contributed by atoms with van der Waals surface area (Å²) in [6.07, 6.45) is 3.58. The van der Waals surface area contributed by atoms with Gasteiger partial charge in [-0.1, -0.05) is 6.92 Å². The van der Waals surface area contributed by atoms with Crippen molar-refractivity contribution in [3.8, 4) is 0 Å². The van der Waals surface area contributed by atoms with Gasteiger partial charge in [-0.25, -0.2) is 13.4 Å². The Balaban J connectivity index is 2.34. The molecule has 6 nitrogen and oxygen atoms in total. The molecule has 1 aliphatic rings. The van der Waals surface area contributed by atoms with E-state index in [4.69, 9.17) is 5.73 Å². The smallest absolute Gasteiger partial charge is 0.166 e. The van der Waals surface area contributed by atoms with Crippen molar-refractivity contribution in [1.29, 1.82) is 0 Å². The maximum atomic E-state index is 12.4. The van der Waals surface area contributed by atoms with Crippen LogP contribution in [0.3, 0.4) is 0 Å². The van der Waals surface area contributed by atoms with Crippen molar-refractivity contribution in [1.82, 2.24) is 14.5 Å². The second kappa shape index (κ2) is 7.13. The predicted octanol–water partition coefficient (Wildman–Crippen LogP) is 0.712. The maximum Gasteiger partial charge on any atom is 0.166 e. The third-order valence-corrected chi connectivity index (χ3v) is 7.30. The zero-order chi connectivity index (χ0) is 15.5. The van der Waals surface area contributed by atoms with Crippen molar-refractivity contribution < 1.29 is 8.42 Å². The fourth-order valence-electron chi connectivity index (χ4n) is 2.75. The van der Waals surface area contributed by atoms with Gasteiger partial charge < -0.3 is 10.3 Å². The van der Waals surface area contributed by atoms with Gasteiger partial charge in [0, 0.05) is 43.1 Å². The molecule has 0 saturated carbocycles. The summed E-state index contributed by atoms with van der Waals surface area (Å²) >= 11 is 1.70. The van der Waals surface area contributed by atoms with Crippen molar-refractivity contribution in [2.75, 3.05) is 30.3 Å². The molecule has 0 spiro atoms. The van der Waals surface area contributed by atoms with E-state index in [-0.39, 0.29) is 11.8 Å². The van der Waals surface area contributed by atoms with E-state index >= 15 is 0 Å². The van der Waals surface area contributed by atoms with Crippen LogP contribution in [0.15, 0.2) is 12.5 Å². The van der Waals surface area contributed by atoms with Crippen molar-refractivity contribution in [2.24, 2.45) is 5.73 Å². The van der Waals surface area contributed by atoms with Crippen LogP contribution in [0.4, 0.5) is 0 Å². The minimum atomic E-state index is -3.12. The second-order valence-corrected chi connectivity index (χ2v) is 8.67. The highest BCUT2D eigenvalue weighted by Crippen LogP contribution is 2.30. The van der Waals surface area contributed by atoms with Gasteiger partial charge in [0.1, 0.15) is 5.37 Å². The first kappa shape index (κ1) is 16.8. The SMILES string of the molecule is CCn1cncc1C(CN)N1CCSCC1S(=O)(=O)CC. The molecular weight excluding hydrogens is 308 g/mol. The number of rotatable bonds is 6. The molecule has 0 bridgehead atoms. The summed E-state index contributed by atoms with van der Waals surface area (Å²) in [5.74, 6) is 1.72. The second-order valence-electron chi connectivity index (χ2n) is 5.07. The van der Waals surface area contributed by atoms with E-state index in [1.165, 1.54) is 0 Å². The Bertz CT molecular complexity index is 558. The lowest BCUT2D eigenvalue weighted by molar-refractivity contribution is 0.190. The molecule has 1 aromatic rings. The lowest BCUT2D eigenvalue weighted by Crippen LogP contribution is -2.51. The van der Waals surface area contributed by atoms with Gasteiger partial charge in [-0.05, 0) is 6.92 Å². The van der Waals surface area contributed by atoms with E-state index in [9.17, 15) is 8.42 Å². The number of aryl methyl sites for hydroxylation is 1. The van der Waals surface area contributed by atoms with Crippen LogP contribution in [0.25, 0.3) is 0 Å². The lowest BCUT2D eigenvalue weighted by Gasteiger charge is -2.40. The fourth-order valence-corrected chi connectivity index (χ4v) is 5.82. The van der Waals surface area contributed by atoms with Crippen molar-refractivity contribution >= 4 is 21.6 Å². The van der Waals surface area contributed by atoms with Crippen molar-refractivity contribution in [3.05, 3.63) is 18.2 Å². The molecule has 8 heteroatoms. The minimum absolute atomic E-state index is 0.0975. The first-order valence-electron chi connectivity index (χ1n) is 7.30.